The van der Waals surface area contributed by atoms with Crippen LogP contribution < -0.4 is 0 Å². The SMILES string of the molecule is CCSc1ncccc1C(=O)n1cncn1. The number of thioether (sulfide) groups is 1. The summed E-state index contributed by atoms with van der Waals surface area (Å²) >= 11 is 1.53. The van der Waals surface area contributed by atoms with E-state index in [0.29, 0.717) is 5.56 Å². The standard InChI is InChI=1S/C10H10N4OS/c1-2-16-9-8(4-3-5-12-9)10(15)14-7-11-6-13-14/h3-7H,2H2,1H3. The van der Waals surface area contributed by atoms with Crippen LogP contribution in [0.3, 0.4) is 0 Å². The molecule has 0 spiro atoms. The van der Waals surface area contributed by atoms with Crippen molar-refractivity contribution in [2.45, 2.75) is 11.9 Å². The van der Waals surface area contributed by atoms with E-state index in [1.807, 2.05) is 6.92 Å². The first-order chi connectivity index (χ1) is 7.83. The molecule has 0 aliphatic rings. The van der Waals surface area contributed by atoms with E-state index in [2.05, 4.69) is 15.1 Å². The van der Waals surface area contributed by atoms with Gasteiger partial charge in [0.25, 0.3) is 5.91 Å². The van der Waals surface area contributed by atoms with E-state index < -0.39 is 0 Å². The maximum Gasteiger partial charge on any atom is 0.282 e. The molecule has 0 aromatic carbocycles. The topological polar surface area (TPSA) is 60.7 Å². The van der Waals surface area contributed by atoms with Crippen molar-refractivity contribution >= 4 is 17.7 Å². The van der Waals surface area contributed by atoms with Crippen LogP contribution >= 0.6 is 11.8 Å². The molecular weight excluding hydrogens is 224 g/mol. The van der Waals surface area contributed by atoms with E-state index in [1.54, 1.807) is 18.3 Å². The molecule has 0 amide bonds. The zero-order valence-electron chi connectivity index (χ0n) is 8.70. The smallest absolute Gasteiger partial charge is 0.267 e. The Morgan fingerprint density at radius 2 is 2.44 bits per heavy atom. The molecule has 0 fully saturated rings. The van der Waals surface area contributed by atoms with Crippen LogP contribution in [0.2, 0.25) is 0 Å². The van der Waals surface area contributed by atoms with E-state index in [1.165, 1.54) is 29.1 Å². The fraction of sp³-hybridized carbons (Fsp3) is 0.200. The van der Waals surface area contributed by atoms with Gasteiger partial charge in [-0.2, -0.15) is 9.78 Å². The van der Waals surface area contributed by atoms with Gasteiger partial charge in [0.15, 0.2) is 0 Å². The summed E-state index contributed by atoms with van der Waals surface area (Å²) in [7, 11) is 0. The van der Waals surface area contributed by atoms with Gasteiger partial charge in [-0.15, -0.1) is 11.8 Å². The Morgan fingerprint density at radius 1 is 1.56 bits per heavy atom. The second-order valence-electron chi connectivity index (χ2n) is 2.93. The molecule has 2 rings (SSSR count). The van der Waals surface area contributed by atoms with Crippen LogP contribution in [0.5, 0.6) is 0 Å². The molecule has 0 aliphatic carbocycles. The van der Waals surface area contributed by atoms with Crippen molar-refractivity contribution in [3.63, 3.8) is 0 Å². The van der Waals surface area contributed by atoms with Crippen molar-refractivity contribution in [1.29, 1.82) is 0 Å². The van der Waals surface area contributed by atoms with Gasteiger partial charge in [0, 0.05) is 6.20 Å². The molecule has 0 aliphatic heterocycles. The lowest BCUT2D eigenvalue weighted by molar-refractivity contribution is 0.0941. The third kappa shape index (κ3) is 2.11. The van der Waals surface area contributed by atoms with Crippen molar-refractivity contribution in [3.05, 3.63) is 36.5 Å². The van der Waals surface area contributed by atoms with Gasteiger partial charge in [0.05, 0.1) is 5.56 Å². The van der Waals surface area contributed by atoms with Crippen LogP contribution in [0, 0.1) is 0 Å². The molecule has 0 unspecified atom stereocenters. The van der Waals surface area contributed by atoms with Crippen molar-refractivity contribution in [2.24, 2.45) is 0 Å². The number of nitrogens with zero attached hydrogens (tertiary/aromatic N) is 4. The predicted molar refractivity (Wildman–Crippen MR) is 60.4 cm³/mol. The minimum absolute atomic E-state index is 0.207. The molecule has 0 bridgehead atoms. The molecule has 0 radical (unpaired) electrons. The lowest BCUT2D eigenvalue weighted by Gasteiger charge is -2.04. The summed E-state index contributed by atoms with van der Waals surface area (Å²) in [4.78, 5) is 19.9. The van der Waals surface area contributed by atoms with Crippen molar-refractivity contribution < 1.29 is 4.79 Å². The highest BCUT2D eigenvalue weighted by Crippen LogP contribution is 2.19. The quantitative estimate of drug-likeness (QED) is 0.753. The lowest BCUT2D eigenvalue weighted by atomic mass is 10.3. The van der Waals surface area contributed by atoms with E-state index in [9.17, 15) is 4.79 Å². The molecule has 2 aromatic heterocycles. The lowest BCUT2D eigenvalue weighted by Crippen LogP contribution is -2.14. The average Bonchev–Trinajstić information content (AvgIpc) is 2.83. The third-order valence-electron chi connectivity index (χ3n) is 1.91. The summed E-state index contributed by atoms with van der Waals surface area (Å²) in [5.74, 6) is 0.663. The molecule has 0 atom stereocenters. The van der Waals surface area contributed by atoms with Gasteiger partial charge in [-0.3, -0.25) is 4.79 Å². The first-order valence-electron chi connectivity index (χ1n) is 4.80. The average molecular weight is 234 g/mol. The van der Waals surface area contributed by atoms with Crippen LogP contribution in [0.15, 0.2) is 36.0 Å². The monoisotopic (exact) mass is 234 g/mol. The highest BCUT2D eigenvalue weighted by molar-refractivity contribution is 7.99. The van der Waals surface area contributed by atoms with E-state index in [4.69, 9.17) is 0 Å². The Labute approximate surface area is 96.9 Å². The van der Waals surface area contributed by atoms with Crippen molar-refractivity contribution in [3.8, 4) is 0 Å². The summed E-state index contributed by atoms with van der Waals surface area (Å²) in [6.07, 6.45) is 4.40. The second kappa shape index (κ2) is 4.89. The first kappa shape index (κ1) is 10.8. The van der Waals surface area contributed by atoms with Crippen LogP contribution in [0.1, 0.15) is 17.3 Å². The van der Waals surface area contributed by atoms with E-state index in [0.717, 1.165) is 10.8 Å². The molecule has 2 aromatic rings. The molecule has 0 N–H and O–H groups in total. The Morgan fingerprint density at radius 3 is 3.12 bits per heavy atom. The Balaban J connectivity index is 2.36. The van der Waals surface area contributed by atoms with Gasteiger partial charge in [0.1, 0.15) is 17.7 Å². The number of rotatable bonds is 3. The minimum atomic E-state index is -0.207. The Bertz CT molecular complexity index is 483. The van der Waals surface area contributed by atoms with Gasteiger partial charge < -0.3 is 0 Å². The van der Waals surface area contributed by atoms with E-state index >= 15 is 0 Å². The molecule has 5 nitrogen and oxygen atoms in total. The Hall–Kier alpha value is -1.69. The fourth-order valence-corrected chi connectivity index (χ4v) is 1.96. The molecular formula is C10H10N4OS. The maximum absolute atomic E-state index is 12.0. The van der Waals surface area contributed by atoms with Crippen molar-refractivity contribution in [1.82, 2.24) is 19.7 Å². The number of hydrogen-bond donors (Lipinski definition) is 0. The largest absolute Gasteiger partial charge is 0.282 e. The molecule has 6 heteroatoms. The summed E-state index contributed by atoms with van der Waals surface area (Å²) < 4.78 is 1.21. The van der Waals surface area contributed by atoms with Gasteiger partial charge in [-0.25, -0.2) is 9.97 Å². The van der Waals surface area contributed by atoms with Gasteiger partial charge >= 0.3 is 0 Å². The van der Waals surface area contributed by atoms with Gasteiger partial charge in [0.2, 0.25) is 0 Å². The third-order valence-corrected chi connectivity index (χ3v) is 2.80. The molecule has 2 heterocycles. The van der Waals surface area contributed by atoms with Crippen LogP contribution in [0.25, 0.3) is 0 Å². The summed E-state index contributed by atoms with van der Waals surface area (Å²) in [6.45, 7) is 2.02. The number of pyridine rings is 1. The second-order valence-corrected chi connectivity index (χ2v) is 4.19. The number of hydrogen-bond acceptors (Lipinski definition) is 5. The summed E-state index contributed by atoms with van der Waals surface area (Å²) in [5.41, 5.74) is 0.555. The maximum atomic E-state index is 12.0. The van der Waals surface area contributed by atoms with E-state index in [-0.39, 0.29) is 5.91 Å². The molecule has 0 saturated heterocycles. The normalized spacial score (nSPS) is 10.3. The summed E-state index contributed by atoms with van der Waals surface area (Å²) in [5, 5.41) is 4.54. The number of carbonyl (C=O) groups is 1. The first-order valence-corrected chi connectivity index (χ1v) is 5.78. The fourth-order valence-electron chi connectivity index (χ4n) is 1.24. The van der Waals surface area contributed by atoms with Crippen LogP contribution in [-0.2, 0) is 0 Å². The van der Waals surface area contributed by atoms with Gasteiger partial charge in [-0.1, -0.05) is 6.92 Å². The highest BCUT2D eigenvalue weighted by Gasteiger charge is 2.14. The van der Waals surface area contributed by atoms with Crippen LogP contribution in [0.4, 0.5) is 0 Å². The number of aromatic nitrogens is 4. The van der Waals surface area contributed by atoms with Crippen molar-refractivity contribution in [2.75, 3.05) is 5.75 Å². The molecule has 82 valence electrons. The highest BCUT2D eigenvalue weighted by atomic mass is 32.2. The predicted octanol–water partition coefficient (Wildman–Crippen LogP) is 1.47. The number of carbonyl (C=O) groups excluding carboxylic acids is 1. The minimum Gasteiger partial charge on any atom is -0.267 e. The molecule has 16 heavy (non-hydrogen) atoms. The zero-order chi connectivity index (χ0) is 11.4. The Kier molecular flexibility index (Phi) is 3.31. The van der Waals surface area contributed by atoms with Crippen LogP contribution in [-0.4, -0.2) is 31.4 Å². The molecule has 0 saturated carbocycles. The zero-order valence-corrected chi connectivity index (χ0v) is 9.52. The summed E-state index contributed by atoms with van der Waals surface area (Å²) in [6, 6.07) is 3.49. The van der Waals surface area contributed by atoms with Gasteiger partial charge in [-0.05, 0) is 17.9 Å².